The normalized spacial score (nSPS) is 13.2. The topological polar surface area (TPSA) is 0 Å². The number of hydrogen-bond acceptors (Lipinski definition) is 0. The summed E-state index contributed by atoms with van der Waals surface area (Å²) in [6.45, 7) is 4.26. The molecule has 0 aromatic heterocycles. The van der Waals surface area contributed by atoms with Crippen molar-refractivity contribution >= 4 is 23.2 Å². The molecule has 0 aliphatic rings. The van der Waals surface area contributed by atoms with E-state index in [1.807, 2.05) is 0 Å². The third kappa shape index (κ3) is 3.66. The van der Waals surface area contributed by atoms with Crippen LogP contribution in [0.15, 0.2) is 18.2 Å². The minimum Gasteiger partial charge on any atom is -0.207 e. The van der Waals surface area contributed by atoms with Gasteiger partial charge in [-0.3, -0.25) is 0 Å². The molecule has 3 heteroatoms. The lowest BCUT2D eigenvalue weighted by atomic mass is 9.91. The molecule has 0 amide bonds. The second-order valence-corrected chi connectivity index (χ2v) is 4.81. The third-order valence-electron chi connectivity index (χ3n) is 2.64. The summed E-state index contributed by atoms with van der Waals surface area (Å²) in [6.07, 6.45) is 0.806. The number of rotatable bonds is 4. The summed E-state index contributed by atoms with van der Waals surface area (Å²) in [5.41, 5.74) is 0.970. The van der Waals surface area contributed by atoms with E-state index in [0.29, 0.717) is 22.7 Å². The molecular weight excluding hydrogens is 234 g/mol. The van der Waals surface area contributed by atoms with Crippen LogP contribution >= 0.6 is 23.2 Å². The van der Waals surface area contributed by atoms with Crippen molar-refractivity contribution in [3.63, 3.8) is 0 Å². The molecule has 0 bridgehead atoms. The Hall–Kier alpha value is -0.270. The SMILES string of the molecule is CC(C)C(CCl)Cc1ccc(F)cc1Cl. The maximum absolute atomic E-state index is 12.8. The third-order valence-corrected chi connectivity index (χ3v) is 3.39. The van der Waals surface area contributed by atoms with Crippen molar-refractivity contribution < 1.29 is 4.39 Å². The summed E-state index contributed by atoms with van der Waals surface area (Å²) in [4.78, 5) is 0. The van der Waals surface area contributed by atoms with Crippen LogP contribution in [0.25, 0.3) is 0 Å². The van der Waals surface area contributed by atoms with Crippen LogP contribution in [0.1, 0.15) is 19.4 Å². The summed E-state index contributed by atoms with van der Waals surface area (Å²) in [5, 5.41) is 0.491. The lowest BCUT2D eigenvalue weighted by Gasteiger charge is -2.18. The van der Waals surface area contributed by atoms with Gasteiger partial charge < -0.3 is 0 Å². The molecule has 0 aliphatic heterocycles. The molecule has 1 aromatic carbocycles. The summed E-state index contributed by atoms with van der Waals surface area (Å²) in [6, 6.07) is 4.52. The fourth-order valence-electron chi connectivity index (χ4n) is 1.44. The average Bonchev–Trinajstić information content (AvgIpc) is 2.16. The van der Waals surface area contributed by atoms with E-state index in [-0.39, 0.29) is 5.82 Å². The van der Waals surface area contributed by atoms with Crippen LogP contribution in [-0.2, 0) is 6.42 Å². The van der Waals surface area contributed by atoms with Crippen LogP contribution in [0.4, 0.5) is 4.39 Å². The molecule has 1 aromatic rings. The lowest BCUT2D eigenvalue weighted by Crippen LogP contribution is -2.13. The van der Waals surface area contributed by atoms with Gasteiger partial charge in [0.2, 0.25) is 0 Å². The van der Waals surface area contributed by atoms with Crippen molar-refractivity contribution in [1.29, 1.82) is 0 Å². The highest BCUT2D eigenvalue weighted by Crippen LogP contribution is 2.24. The first-order valence-electron chi connectivity index (χ1n) is 5.04. The average molecular weight is 249 g/mol. The van der Waals surface area contributed by atoms with E-state index >= 15 is 0 Å². The molecule has 0 saturated heterocycles. The Bertz CT molecular complexity index is 323. The van der Waals surface area contributed by atoms with Gasteiger partial charge in [0.1, 0.15) is 5.82 Å². The Kier molecular flexibility index (Phi) is 4.88. The van der Waals surface area contributed by atoms with E-state index in [4.69, 9.17) is 23.2 Å². The monoisotopic (exact) mass is 248 g/mol. The van der Waals surface area contributed by atoms with E-state index in [1.165, 1.54) is 12.1 Å². The van der Waals surface area contributed by atoms with E-state index in [9.17, 15) is 4.39 Å². The standard InChI is InChI=1S/C12H15Cl2F/c1-8(2)10(7-13)5-9-3-4-11(15)6-12(9)14/h3-4,6,8,10H,5,7H2,1-2H3. The van der Waals surface area contributed by atoms with Crippen molar-refractivity contribution in [3.8, 4) is 0 Å². The highest BCUT2D eigenvalue weighted by Gasteiger charge is 2.14. The second-order valence-electron chi connectivity index (χ2n) is 4.10. The Balaban J connectivity index is 2.79. The van der Waals surface area contributed by atoms with Gasteiger partial charge >= 0.3 is 0 Å². The van der Waals surface area contributed by atoms with Crippen molar-refractivity contribution in [2.75, 3.05) is 5.88 Å². The second kappa shape index (κ2) is 5.72. The van der Waals surface area contributed by atoms with Crippen LogP contribution < -0.4 is 0 Å². The first kappa shape index (κ1) is 12.8. The molecular formula is C12H15Cl2F. The van der Waals surface area contributed by atoms with Crippen LogP contribution in [-0.4, -0.2) is 5.88 Å². The molecule has 1 rings (SSSR count). The molecule has 0 fully saturated rings. The van der Waals surface area contributed by atoms with E-state index in [1.54, 1.807) is 6.07 Å². The van der Waals surface area contributed by atoms with Gasteiger partial charge in [0.15, 0.2) is 0 Å². The van der Waals surface area contributed by atoms with Gasteiger partial charge in [-0.05, 0) is 36.0 Å². The fourth-order valence-corrected chi connectivity index (χ4v) is 2.15. The molecule has 0 spiro atoms. The molecule has 0 heterocycles. The Morgan fingerprint density at radius 3 is 2.47 bits per heavy atom. The van der Waals surface area contributed by atoms with E-state index in [0.717, 1.165) is 12.0 Å². The molecule has 15 heavy (non-hydrogen) atoms. The number of benzene rings is 1. The van der Waals surface area contributed by atoms with E-state index in [2.05, 4.69) is 13.8 Å². The van der Waals surface area contributed by atoms with Gasteiger partial charge in [-0.2, -0.15) is 0 Å². The molecule has 0 radical (unpaired) electrons. The predicted molar refractivity (Wildman–Crippen MR) is 64.2 cm³/mol. The van der Waals surface area contributed by atoms with Gasteiger partial charge in [0, 0.05) is 10.9 Å². The van der Waals surface area contributed by atoms with Gasteiger partial charge in [0.25, 0.3) is 0 Å². The Morgan fingerprint density at radius 1 is 1.33 bits per heavy atom. The zero-order valence-corrected chi connectivity index (χ0v) is 10.4. The quantitative estimate of drug-likeness (QED) is 0.687. The Morgan fingerprint density at radius 2 is 2.00 bits per heavy atom. The summed E-state index contributed by atoms with van der Waals surface area (Å²) in [7, 11) is 0. The van der Waals surface area contributed by atoms with Crippen LogP contribution in [0.2, 0.25) is 5.02 Å². The van der Waals surface area contributed by atoms with Gasteiger partial charge in [-0.25, -0.2) is 4.39 Å². The summed E-state index contributed by atoms with van der Waals surface area (Å²) < 4.78 is 12.8. The molecule has 1 unspecified atom stereocenters. The highest BCUT2D eigenvalue weighted by atomic mass is 35.5. The number of alkyl halides is 1. The zero-order valence-electron chi connectivity index (χ0n) is 8.93. The van der Waals surface area contributed by atoms with E-state index < -0.39 is 0 Å². The van der Waals surface area contributed by atoms with Crippen LogP contribution in [0.5, 0.6) is 0 Å². The summed E-state index contributed by atoms with van der Waals surface area (Å²) >= 11 is 11.8. The molecule has 1 atom stereocenters. The van der Waals surface area contributed by atoms with Gasteiger partial charge in [-0.1, -0.05) is 31.5 Å². The van der Waals surface area contributed by atoms with Crippen LogP contribution in [0.3, 0.4) is 0 Å². The minimum atomic E-state index is -0.296. The lowest BCUT2D eigenvalue weighted by molar-refractivity contribution is 0.422. The van der Waals surface area contributed by atoms with Crippen LogP contribution in [0, 0.1) is 17.7 Å². The first-order chi connectivity index (χ1) is 7.04. The molecule has 0 saturated carbocycles. The first-order valence-corrected chi connectivity index (χ1v) is 5.95. The van der Waals surface area contributed by atoms with Crippen molar-refractivity contribution in [2.24, 2.45) is 11.8 Å². The maximum Gasteiger partial charge on any atom is 0.124 e. The van der Waals surface area contributed by atoms with Crippen molar-refractivity contribution in [2.45, 2.75) is 20.3 Å². The Labute approximate surface area is 100 Å². The van der Waals surface area contributed by atoms with Crippen molar-refractivity contribution in [1.82, 2.24) is 0 Å². The fraction of sp³-hybridized carbons (Fsp3) is 0.500. The molecule has 0 nitrogen and oxygen atoms in total. The minimum absolute atomic E-state index is 0.296. The molecule has 0 aliphatic carbocycles. The molecule has 84 valence electrons. The van der Waals surface area contributed by atoms with Crippen molar-refractivity contribution in [3.05, 3.63) is 34.6 Å². The number of hydrogen-bond donors (Lipinski definition) is 0. The number of halogens is 3. The van der Waals surface area contributed by atoms with Gasteiger partial charge in [0.05, 0.1) is 0 Å². The highest BCUT2D eigenvalue weighted by molar-refractivity contribution is 6.31. The predicted octanol–water partition coefficient (Wildman–Crippen LogP) is 4.53. The maximum atomic E-state index is 12.8. The zero-order chi connectivity index (χ0) is 11.4. The molecule has 0 N–H and O–H groups in total. The summed E-state index contributed by atoms with van der Waals surface area (Å²) in [5.74, 6) is 1.19. The van der Waals surface area contributed by atoms with Gasteiger partial charge in [-0.15, -0.1) is 11.6 Å². The largest absolute Gasteiger partial charge is 0.207 e. The smallest absolute Gasteiger partial charge is 0.124 e.